The van der Waals surface area contributed by atoms with Crippen LogP contribution in [0.2, 0.25) is 0 Å². The summed E-state index contributed by atoms with van der Waals surface area (Å²) in [5, 5.41) is 8.31. The van der Waals surface area contributed by atoms with Gasteiger partial charge < -0.3 is 5.11 Å². The minimum absolute atomic E-state index is 0.158. The Morgan fingerprint density at radius 2 is 2.00 bits per heavy atom. The molecule has 2 nitrogen and oxygen atoms in total. The van der Waals surface area contributed by atoms with Crippen LogP contribution in [-0.4, -0.2) is 34.2 Å². The van der Waals surface area contributed by atoms with Crippen LogP contribution in [-0.2, 0) is 9.93 Å². The van der Waals surface area contributed by atoms with Crippen molar-refractivity contribution in [3.63, 3.8) is 0 Å². The Morgan fingerprint density at radius 3 is 2.12 bits per heavy atom. The molecule has 0 atom stereocenters. The third-order valence-corrected chi connectivity index (χ3v) is 2.25. The van der Waals surface area contributed by atoms with Crippen molar-refractivity contribution < 1.29 is 9.32 Å². The van der Waals surface area contributed by atoms with Crippen LogP contribution in [0.1, 0.15) is 6.42 Å². The average molecular weight is 138 g/mol. The fraction of sp³-hybridized carbons (Fsp3) is 1.00. The lowest BCUT2D eigenvalue weighted by molar-refractivity contribution is 0.296. The highest BCUT2D eigenvalue weighted by Crippen LogP contribution is 1.93. The maximum Gasteiger partial charge on any atom is 0.0439 e. The molecule has 0 aliphatic rings. The third-order valence-electron chi connectivity index (χ3n) is 0.855. The van der Waals surface area contributed by atoms with Crippen LogP contribution in [0.4, 0.5) is 0 Å². The van der Waals surface area contributed by atoms with E-state index in [1.165, 1.54) is 0 Å². The van der Waals surface area contributed by atoms with Crippen molar-refractivity contribution in [2.45, 2.75) is 6.42 Å². The summed E-state index contributed by atoms with van der Waals surface area (Å²) in [6.07, 6.45) is 4.15. The van der Waals surface area contributed by atoms with Crippen molar-refractivity contribution in [2.24, 2.45) is 0 Å². The molecule has 0 aliphatic heterocycles. The molecule has 0 aromatic rings. The minimum Gasteiger partial charge on any atom is -0.396 e. The van der Waals surface area contributed by atoms with Crippen molar-refractivity contribution in [3.05, 3.63) is 0 Å². The number of thiol groups is 1. The van der Waals surface area contributed by atoms with Crippen molar-refractivity contribution in [2.75, 3.05) is 24.9 Å². The monoisotopic (exact) mass is 138 g/mol. The van der Waals surface area contributed by atoms with Crippen LogP contribution in [0.5, 0.6) is 0 Å². The Bertz CT molecular complexity index is 94.6. The second kappa shape index (κ2) is 3.20. The molecule has 0 amide bonds. The van der Waals surface area contributed by atoms with Gasteiger partial charge in [0.15, 0.2) is 0 Å². The summed E-state index contributed by atoms with van der Waals surface area (Å²) in [4.78, 5) is 0. The van der Waals surface area contributed by atoms with Gasteiger partial charge in [0.1, 0.15) is 0 Å². The summed E-state index contributed by atoms with van der Waals surface area (Å²) < 4.78 is 10.9. The van der Waals surface area contributed by atoms with Crippen LogP contribution in [0.3, 0.4) is 0 Å². The predicted molar refractivity (Wildman–Crippen MR) is 38.0 cm³/mol. The van der Waals surface area contributed by atoms with E-state index in [1.54, 1.807) is 12.5 Å². The third kappa shape index (κ3) is 6.11. The zero-order valence-corrected chi connectivity index (χ0v) is 6.32. The van der Waals surface area contributed by atoms with Crippen molar-refractivity contribution >= 4 is 9.93 Å². The van der Waals surface area contributed by atoms with Gasteiger partial charge in [-0.05, 0) is 18.9 Å². The highest BCUT2D eigenvalue weighted by atomic mass is 32.2. The topological polar surface area (TPSA) is 37.3 Å². The molecule has 0 saturated carbocycles. The Balaban J connectivity index is 3.26. The molecule has 8 heavy (non-hydrogen) atoms. The number of hydrogen-bond acceptors (Lipinski definition) is 2. The maximum absolute atomic E-state index is 10.9. The summed E-state index contributed by atoms with van der Waals surface area (Å²) in [5.41, 5.74) is 0. The number of aliphatic hydroxyl groups is 1. The van der Waals surface area contributed by atoms with E-state index in [9.17, 15) is 4.21 Å². The number of aliphatic hydroxyl groups excluding tert-OH is 1. The molecule has 3 heteroatoms. The number of rotatable bonds is 3. The molecule has 0 fully saturated rings. The van der Waals surface area contributed by atoms with Gasteiger partial charge in [-0.3, -0.25) is 4.21 Å². The summed E-state index contributed by atoms with van der Waals surface area (Å²) in [6.45, 7) is 0.158. The molecule has 0 rings (SSSR count). The summed E-state index contributed by atoms with van der Waals surface area (Å²) in [7, 11) is -1.84. The van der Waals surface area contributed by atoms with E-state index < -0.39 is 9.93 Å². The van der Waals surface area contributed by atoms with E-state index in [0.717, 1.165) is 0 Å². The highest BCUT2D eigenvalue weighted by molar-refractivity contribution is 8.01. The van der Waals surface area contributed by atoms with Gasteiger partial charge in [0.2, 0.25) is 0 Å². The van der Waals surface area contributed by atoms with Gasteiger partial charge in [-0.1, -0.05) is 0 Å². The molecule has 0 radical (unpaired) electrons. The predicted octanol–water partition coefficient (Wildman–Crippen LogP) is -0.355. The standard InChI is InChI=1S/C5H14O2S/c1-8(2,7)5-3-4-6/h6,8H,3-5H2,1-2H3. The zero-order valence-electron chi connectivity index (χ0n) is 5.42. The van der Waals surface area contributed by atoms with Gasteiger partial charge in [0, 0.05) is 12.4 Å². The lowest BCUT2D eigenvalue weighted by Gasteiger charge is -2.08. The Morgan fingerprint density at radius 1 is 1.50 bits per heavy atom. The Kier molecular flexibility index (Phi) is 3.24. The lowest BCUT2D eigenvalue weighted by atomic mass is 10.5. The molecule has 0 aliphatic carbocycles. The van der Waals surface area contributed by atoms with Crippen molar-refractivity contribution in [3.8, 4) is 0 Å². The van der Waals surface area contributed by atoms with E-state index in [0.29, 0.717) is 12.2 Å². The minimum atomic E-state index is -1.84. The first-order valence-electron chi connectivity index (χ1n) is 2.71. The second-order valence-corrected chi connectivity index (χ2v) is 5.97. The summed E-state index contributed by atoms with van der Waals surface area (Å²) >= 11 is 0. The molecule has 0 spiro atoms. The molecule has 0 bridgehead atoms. The van der Waals surface area contributed by atoms with Gasteiger partial charge in [-0.2, -0.15) is 0 Å². The molecule has 0 heterocycles. The normalized spacial score (nSPS) is 13.9. The molecule has 0 saturated heterocycles. The number of hydrogen-bond donors (Lipinski definition) is 2. The van der Waals surface area contributed by atoms with Crippen molar-refractivity contribution in [1.29, 1.82) is 0 Å². The molecular formula is C5H14O2S. The molecule has 52 valence electrons. The first kappa shape index (κ1) is 8.11. The van der Waals surface area contributed by atoms with Gasteiger partial charge >= 0.3 is 0 Å². The van der Waals surface area contributed by atoms with Gasteiger partial charge in [-0.15, -0.1) is 9.93 Å². The maximum atomic E-state index is 10.9. The lowest BCUT2D eigenvalue weighted by Crippen LogP contribution is -2.12. The average Bonchev–Trinajstić information content (AvgIpc) is 1.59. The van der Waals surface area contributed by atoms with E-state index in [4.69, 9.17) is 5.11 Å². The van der Waals surface area contributed by atoms with E-state index in [-0.39, 0.29) is 6.61 Å². The molecular weight excluding hydrogens is 124 g/mol. The molecule has 0 unspecified atom stereocenters. The highest BCUT2D eigenvalue weighted by Gasteiger charge is 1.97. The SMILES string of the molecule is C[SH](C)(=O)CCCO. The van der Waals surface area contributed by atoms with Crippen molar-refractivity contribution in [1.82, 2.24) is 0 Å². The molecule has 0 aromatic heterocycles. The fourth-order valence-corrected chi connectivity index (χ4v) is 1.35. The van der Waals surface area contributed by atoms with Crippen LogP contribution < -0.4 is 0 Å². The van der Waals surface area contributed by atoms with E-state index >= 15 is 0 Å². The second-order valence-electron chi connectivity index (χ2n) is 2.37. The zero-order chi connectivity index (χ0) is 6.62. The fourth-order valence-electron chi connectivity index (χ4n) is 0.451. The van der Waals surface area contributed by atoms with E-state index in [2.05, 4.69) is 0 Å². The van der Waals surface area contributed by atoms with Crippen LogP contribution >= 0.6 is 0 Å². The molecule has 1 N–H and O–H groups in total. The largest absolute Gasteiger partial charge is 0.396 e. The quantitative estimate of drug-likeness (QED) is 0.523. The van der Waals surface area contributed by atoms with Gasteiger partial charge in [0.25, 0.3) is 0 Å². The van der Waals surface area contributed by atoms with Crippen LogP contribution in [0.25, 0.3) is 0 Å². The van der Waals surface area contributed by atoms with Crippen LogP contribution in [0.15, 0.2) is 0 Å². The summed E-state index contributed by atoms with van der Waals surface area (Å²) in [6, 6.07) is 0. The Hall–Kier alpha value is 0.110. The first-order chi connectivity index (χ1) is 3.56. The van der Waals surface area contributed by atoms with Gasteiger partial charge in [-0.25, -0.2) is 0 Å². The smallest absolute Gasteiger partial charge is 0.0439 e. The van der Waals surface area contributed by atoms with Gasteiger partial charge in [0.05, 0.1) is 0 Å². The molecule has 0 aromatic carbocycles. The first-order valence-corrected chi connectivity index (χ1v) is 5.50. The van der Waals surface area contributed by atoms with Crippen LogP contribution in [0, 0.1) is 0 Å². The Labute approximate surface area is 51.3 Å². The van der Waals surface area contributed by atoms with E-state index in [1.807, 2.05) is 0 Å². The summed E-state index contributed by atoms with van der Waals surface area (Å²) in [5.74, 6) is 0.670.